The monoisotopic (exact) mass is 182 g/mol. The summed E-state index contributed by atoms with van der Waals surface area (Å²) in [7, 11) is 0. The van der Waals surface area contributed by atoms with Gasteiger partial charge in [0, 0.05) is 5.56 Å². The van der Waals surface area contributed by atoms with Crippen LogP contribution < -0.4 is 10.9 Å². The maximum Gasteiger partial charge on any atom is 0.240 e. The van der Waals surface area contributed by atoms with Crippen LogP contribution in [0.3, 0.4) is 0 Å². The molecule has 0 bridgehead atoms. The van der Waals surface area contributed by atoms with Crippen LogP contribution in [-0.2, 0) is 0 Å². The lowest BCUT2D eigenvalue weighted by Crippen LogP contribution is -2.35. The first-order valence-corrected chi connectivity index (χ1v) is 4.79. The normalized spacial score (nSPS) is 10.4. The number of hydrogen-bond donors (Lipinski definition) is 0. The van der Waals surface area contributed by atoms with Gasteiger partial charge in [0.2, 0.25) is 10.9 Å². The highest BCUT2D eigenvalue weighted by atomic mass is 32.2. The lowest BCUT2D eigenvalue weighted by molar-refractivity contribution is 1.09. The molecule has 0 fully saturated rings. The fraction of sp³-hybridized carbons (Fsp3) is 0.333. The molecule has 0 aliphatic carbocycles. The van der Waals surface area contributed by atoms with E-state index < -0.39 is 0 Å². The predicted octanol–water partition coefficient (Wildman–Crippen LogP) is 1.43. The Bertz CT molecular complexity index is 358. The fourth-order valence-corrected chi connectivity index (χ4v) is 1.88. The third-order valence-corrected chi connectivity index (χ3v) is 2.86. The molecular weight excluding hydrogens is 172 g/mol. The van der Waals surface area contributed by atoms with Crippen molar-refractivity contribution in [3.8, 4) is 0 Å². The molecule has 64 valence electrons. The maximum atomic E-state index is 11.0. The molecule has 0 unspecified atom stereocenters. The zero-order valence-electron chi connectivity index (χ0n) is 6.92. The Labute approximate surface area is 75.0 Å². The van der Waals surface area contributed by atoms with Gasteiger partial charge in [-0.2, -0.15) is 0 Å². The summed E-state index contributed by atoms with van der Waals surface area (Å²) in [5.41, 5.74) is -0.231. The summed E-state index contributed by atoms with van der Waals surface area (Å²) in [6.45, 7) is 5.52. The maximum absolute atomic E-state index is 11.0. The molecule has 12 heavy (non-hydrogen) atoms. The second kappa shape index (κ2) is 3.72. The summed E-state index contributed by atoms with van der Waals surface area (Å²) in [6, 6.07) is 0. The summed E-state index contributed by atoms with van der Waals surface area (Å²) in [5.74, 6) is 0.881. The molecule has 3 heteroatoms. The average molecular weight is 182 g/mol. The van der Waals surface area contributed by atoms with Crippen molar-refractivity contribution >= 4 is 17.8 Å². The summed E-state index contributed by atoms with van der Waals surface area (Å²) in [5, 5.41) is 0. The molecule has 0 N–H and O–H groups in total. The molecule has 0 spiro atoms. The molecule has 2 nitrogen and oxygen atoms in total. The van der Waals surface area contributed by atoms with Crippen molar-refractivity contribution in [2.24, 2.45) is 0 Å². The van der Waals surface area contributed by atoms with Gasteiger partial charge in [-0.3, -0.25) is 9.59 Å². The van der Waals surface area contributed by atoms with Crippen LogP contribution in [0.25, 0.3) is 6.08 Å². The Hall–Kier alpha value is -0.830. The summed E-state index contributed by atoms with van der Waals surface area (Å²) in [4.78, 5) is 22.4. The van der Waals surface area contributed by atoms with Crippen LogP contribution >= 0.6 is 11.8 Å². The van der Waals surface area contributed by atoms with Gasteiger partial charge in [-0.25, -0.2) is 0 Å². The molecule has 0 atom stereocenters. The van der Waals surface area contributed by atoms with E-state index in [1.807, 2.05) is 6.92 Å². The van der Waals surface area contributed by atoms with Gasteiger partial charge in [0.15, 0.2) is 0 Å². The minimum atomic E-state index is -0.386. The quantitative estimate of drug-likeness (QED) is 0.522. The van der Waals surface area contributed by atoms with Crippen molar-refractivity contribution in [2.75, 3.05) is 5.75 Å². The fourth-order valence-electron chi connectivity index (χ4n) is 0.921. The molecule has 0 saturated heterocycles. The smallest absolute Gasteiger partial charge is 0.240 e. The van der Waals surface area contributed by atoms with E-state index in [2.05, 4.69) is 6.58 Å². The van der Waals surface area contributed by atoms with Crippen LogP contribution in [-0.4, -0.2) is 5.75 Å². The van der Waals surface area contributed by atoms with Crippen LogP contribution in [0, 0.1) is 0 Å². The molecular formula is C9H10O2S. The van der Waals surface area contributed by atoms with Crippen LogP contribution in [0.5, 0.6) is 0 Å². The molecule has 0 saturated carbocycles. The first-order chi connectivity index (χ1) is 5.72. The van der Waals surface area contributed by atoms with E-state index in [0.29, 0.717) is 10.5 Å². The second-order valence-electron chi connectivity index (χ2n) is 2.45. The lowest BCUT2D eigenvalue weighted by atomic mass is 10.1. The Morgan fingerprint density at radius 2 is 2.08 bits per heavy atom. The Kier molecular flexibility index (Phi) is 2.87. The second-order valence-corrected chi connectivity index (χ2v) is 3.56. The molecule has 0 radical (unpaired) electrons. The topological polar surface area (TPSA) is 34.1 Å². The van der Waals surface area contributed by atoms with Gasteiger partial charge in [0.05, 0.1) is 4.90 Å². The van der Waals surface area contributed by atoms with E-state index in [1.54, 1.807) is 0 Å². The van der Waals surface area contributed by atoms with E-state index in [0.717, 1.165) is 12.2 Å². The van der Waals surface area contributed by atoms with E-state index in [9.17, 15) is 9.59 Å². The van der Waals surface area contributed by atoms with Gasteiger partial charge in [-0.05, 0) is 12.2 Å². The van der Waals surface area contributed by atoms with Crippen molar-refractivity contribution in [1.82, 2.24) is 0 Å². The SMILES string of the molecule is C=Cc1c(SCCC)c(=O)c1=O. The Morgan fingerprint density at radius 1 is 1.42 bits per heavy atom. The van der Waals surface area contributed by atoms with Crippen molar-refractivity contribution in [3.05, 3.63) is 32.6 Å². The van der Waals surface area contributed by atoms with E-state index in [-0.39, 0.29) is 10.9 Å². The van der Waals surface area contributed by atoms with Crippen molar-refractivity contribution in [2.45, 2.75) is 18.2 Å². The van der Waals surface area contributed by atoms with Crippen molar-refractivity contribution in [1.29, 1.82) is 0 Å². The average Bonchev–Trinajstić information content (AvgIpc) is 2.10. The van der Waals surface area contributed by atoms with E-state index in [1.165, 1.54) is 17.8 Å². The van der Waals surface area contributed by atoms with Gasteiger partial charge in [-0.1, -0.05) is 19.6 Å². The van der Waals surface area contributed by atoms with Crippen LogP contribution in [0.1, 0.15) is 18.9 Å². The molecule has 0 aliphatic rings. The standard InChI is InChI=1S/C9H10O2S/c1-3-5-12-9-6(4-2)7(10)8(9)11/h4H,2-3,5H2,1H3. The number of hydrogen-bond acceptors (Lipinski definition) is 3. The minimum Gasteiger partial charge on any atom is -0.285 e. The Balaban J connectivity index is 2.86. The van der Waals surface area contributed by atoms with Gasteiger partial charge in [0.1, 0.15) is 0 Å². The molecule has 0 amide bonds. The highest BCUT2D eigenvalue weighted by Crippen LogP contribution is 2.19. The van der Waals surface area contributed by atoms with Crippen molar-refractivity contribution < 1.29 is 0 Å². The molecule has 0 aromatic heterocycles. The lowest BCUT2D eigenvalue weighted by Gasteiger charge is -2.04. The van der Waals surface area contributed by atoms with Crippen LogP contribution in [0.4, 0.5) is 0 Å². The zero-order chi connectivity index (χ0) is 9.14. The number of thioether (sulfide) groups is 1. The number of rotatable bonds is 4. The van der Waals surface area contributed by atoms with Crippen molar-refractivity contribution in [3.63, 3.8) is 0 Å². The molecule has 1 aromatic carbocycles. The third-order valence-electron chi connectivity index (χ3n) is 1.56. The van der Waals surface area contributed by atoms with Gasteiger partial charge in [-0.15, -0.1) is 11.8 Å². The summed E-state index contributed by atoms with van der Waals surface area (Å²) in [6.07, 6.45) is 2.46. The van der Waals surface area contributed by atoms with Crippen LogP contribution in [0.15, 0.2) is 21.1 Å². The highest BCUT2D eigenvalue weighted by molar-refractivity contribution is 7.99. The van der Waals surface area contributed by atoms with Gasteiger partial charge < -0.3 is 0 Å². The van der Waals surface area contributed by atoms with Gasteiger partial charge >= 0.3 is 0 Å². The first kappa shape index (κ1) is 9.26. The molecule has 0 heterocycles. The Morgan fingerprint density at radius 3 is 2.58 bits per heavy atom. The highest BCUT2D eigenvalue weighted by Gasteiger charge is 2.17. The predicted molar refractivity (Wildman–Crippen MR) is 52.5 cm³/mol. The third kappa shape index (κ3) is 1.37. The first-order valence-electron chi connectivity index (χ1n) is 3.81. The molecule has 1 rings (SSSR count). The van der Waals surface area contributed by atoms with E-state index >= 15 is 0 Å². The molecule has 1 aromatic rings. The zero-order valence-corrected chi connectivity index (χ0v) is 7.74. The minimum absolute atomic E-state index is 0.344. The summed E-state index contributed by atoms with van der Waals surface area (Å²) >= 11 is 1.45. The van der Waals surface area contributed by atoms with Gasteiger partial charge in [0.25, 0.3) is 0 Å². The largest absolute Gasteiger partial charge is 0.285 e. The van der Waals surface area contributed by atoms with Crippen LogP contribution in [0.2, 0.25) is 0 Å². The van der Waals surface area contributed by atoms with E-state index in [4.69, 9.17) is 0 Å². The summed E-state index contributed by atoms with van der Waals surface area (Å²) < 4.78 is 0. The molecule has 0 aliphatic heterocycles.